The number of hydrogen-bond donors (Lipinski definition) is 1. The summed E-state index contributed by atoms with van der Waals surface area (Å²) < 4.78 is 12.6. The highest BCUT2D eigenvalue weighted by molar-refractivity contribution is 5.86. The molecule has 6 heteroatoms. The Morgan fingerprint density at radius 2 is 2.16 bits per heavy atom. The van der Waals surface area contributed by atoms with E-state index in [4.69, 9.17) is 9.26 Å². The maximum absolute atomic E-state index is 12.1. The van der Waals surface area contributed by atoms with Crippen molar-refractivity contribution in [2.45, 2.75) is 33.2 Å². The second-order valence-corrected chi connectivity index (χ2v) is 6.05. The molecule has 25 heavy (non-hydrogen) atoms. The summed E-state index contributed by atoms with van der Waals surface area (Å²) in [6.07, 6.45) is 3.10. The van der Waals surface area contributed by atoms with Gasteiger partial charge in [0.05, 0.1) is 18.3 Å². The fraction of sp³-hybridized carbons (Fsp3) is 0.368. The van der Waals surface area contributed by atoms with E-state index in [9.17, 15) is 4.79 Å². The quantitative estimate of drug-likeness (QED) is 0.717. The lowest BCUT2D eigenvalue weighted by molar-refractivity contribution is -0.121. The highest BCUT2D eigenvalue weighted by atomic mass is 16.5. The highest BCUT2D eigenvalue weighted by Crippen LogP contribution is 2.26. The topological polar surface area (TPSA) is 69.3 Å². The van der Waals surface area contributed by atoms with Gasteiger partial charge < -0.3 is 19.1 Å². The maximum Gasteiger partial charge on any atom is 0.220 e. The van der Waals surface area contributed by atoms with Gasteiger partial charge in [-0.15, -0.1) is 0 Å². The van der Waals surface area contributed by atoms with E-state index in [2.05, 4.69) is 21.1 Å². The normalized spacial score (nSPS) is 11.0. The predicted molar refractivity (Wildman–Crippen MR) is 95.8 cm³/mol. The Bertz CT molecular complexity index is 860. The second kappa shape index (κ2) is 7.42. The molecule has 0 atom stereocenters. The largest absolute Gasteiger partial charge is 0.496 e. The standard InChI is InChI=1S/C19H23N3O3/c1-13-15(14(2)25-21-13)7-8-19(23)20-10-12-22-11-9-16-17(22)5-4-6-18(16)24-3/h4-6,9,11H,7-8,10,12H2,1-3H3,(H,20,23). The van der Waals surface area contributed by atoms with E-state index in [0.717, 1.165) is 33.7 Å². The molecule has 3 rings (SSSR count). The van der Waals surface area contributed by atoms with Gasteiger partial charge in [0.2, 0.25) is 5.91 Å². The van der Waals surface area contributed by atoms with Crippen LogP contribution in [0.4, 0.5) is 0 Å². The first-order valence-corrected chi connectivity index (χ1v) is 8.40. The van der Waals surface area contributed by atoms with Crippen molar-refractivity contribution < 1.29 is 14.1 Å². The average Bonchev–Trinajstić information content (AvgIpc) is 3.17. The number of rotatable bonds is 7. The minimum atomic E-state index is 0.0362. The van der Waals surface area contributed by atoms with Gasteiger partial charge >= 0.3 is 0 Å². The van der Waals surface area contributed by atoms with Gasteiger partial charge in [-0.05, 0) is 38.5 Å². The first-order valence-electron chi connectivity index (χ1n) is 8.40. The second-order valence-electron chi connectivity index (χ2n) is 6.05. The molecule has 2 aromatic heterocycles. The van der Waals surface area contributed by atoms with Crippen molar-refractivity contribution in [1.82, 2.24) is 15.0 Å². The SMILES string of the molecule is COc1cccc2c1ccn2CCNC(=O)CCc1c(C)noc1C. The molecular formula is C19H23N3O3. The van der Waals surface area contributed by atoms with E-state index in [1.54, 1.807) is 7.11 Å². The Morgan fingerprint density at radius 1 is 1.32 bits per heavy atom. The molecule has 1 N–H and O–H groups in total. The smallest absolute Gasteiger partial charge is 0.220 e. The Labute approximate surface area is 146 Å². The molecule has 0 radical (unpaired) electrons. The van der Waals surface area contributed by atoms with Gasteiger partial charge in [0.25, 0.3) is 0 Å². The predicted octanol–water partition coefficient (Wildman–Crippen LogP) is 3.00. The Morgan fingerprint density at radius 3 is 2.88 bits per heavy atom. The van der Waals surface area contributed by atoms with E-state index < -0.39 is 0 Å². The molecule has 1 aromatic carbocycles. The summed E-state index contributed by atoms with van der Waals surface area (Å²) in [7, 11) is 1.67. The van der Waals surface area contributed by atoms with Crippen LogP contribution in [-0.4, -0.2) is 29.3 Å². The van der Waals surface area contributed by atoms with Crippen LogP contribution in [0, 0.1) is 13.8 Å². The van der Waals surface area contributed by atoms with E-state index >= 15 is 0 Å². The Balaban J connectivity index is 1.52. The molecular weight excluding hydrogens is 318 g/mol. The van der Waals surface area contributed by atoms with Crippen LogP contribution in [-0.2, 0) is 17.8 Å². The molecule has 132 valence electrons. The fourth-order valence-electron chi connectivity index (χ4n) is 3.07. The van der Waals surface area contributed by atoms with Crippen LogP contribution in [0.15, 0.2) is 35.0 Å². The van der Waals surface area contributed by atoms with Gasteiger partial charge in [0, 0.05) is 36.7 Å². The van der Waals surface area contributed by atoms with Crippen molar-refractivity contribution in [1.29, 1.82) is 0 Å². The summed E-state index contributed by atoms with van der Waals surface area (Å²) in [6.45, 7) is 5.07. The van der Waals surface area contributed by atoms with E-state index in [0.29, 0.717) is 25.9 Å². The molecule has 2 heterocycles. The monoisotopic (exact) mass is 341 g/mol. The lowest BCUT2D eigenvalue weighted by atomic mass is 10.1. The third kappa shape index (κ3) is 3.68. The summed E-state index contributed by atoms with van der Waals surface area (Å²) >= 11 is 0. The van der Waals surface area contributed by atoms with Gasteiger partial charge in [-0.1, -0.05) is 11.2 Å². The molecule has 0 bridgehead atoms. The minimum absolute atomic E-state index is 0.0362. The van der Waals surface area contributed by atoms with Crippen LogP contribution in [0.2, 0.25) is 0 Å². The first-order chi connectivity index (χ1) is 12.1. The summed E-state index contributed by atoms with van der Waals surface area (Å²) in [6, 6.07) is 8.01. The van der Waals surface area contributed by atoms with Gasteiger partial charge in [0.1, 0.15) is 11.5 Å². The van der Waals surface area contributed by atoms with Crippen LogP contribution in [0.25, 0.3) is 10.9 Å². The Hall–Kier alpha value is -2.76. The molecule has 1 amide bonds. The zero-order valence-corrected chi connectivity index (χ0v) is 14.8. The fourth-order valence-corrected chi connectivity index (χ4v) is 3.07. The molecule has 0 aliphatic carbocycles. The number of hydrogen-bond acceptors (Lipinski definition) is 4. The van der Waals surface area contributed by atoms with Gasteiger partial charge in [0.15, 0.2) is 0 Å². The van der Waals surface area contributed by atoms with Crippen molar-refractivity contribution in [2.24, 2.45) is 0 Å². The number of fused-ring (bicyclic) bond motifs is 1. The van der Waals surface area contributed by atoms with Crippen LogP contribution < -0.4 is 10.1 Å². The van der Waals surface area contributed by atoms with Crippen molar-refractivity contribution in [3.63, 3.8) is 0 Å². The molecule has 3 aromatic rings. The summed E-state index contributed by atoms with van der Waals surface area (Å²) in [4.78, 5) is 12.1. The zero-order chi connectivity index (χ0) is 17.8. The number of aromatic nitrogens is 2. The zero-order valence-electron chi connectivity index (χ0n) is 14.8. The Kier molecular flexibility index (Phi) is 5.07. The summed E-state index contributed by atoms with van der Waals surface area (Å²) in [5, 5.41) is 7.96. The lowest BCUT2D eigenvalue weighted by Crippen LogP contribution is -2.27. The molecule has 0 aliphatic heterocycles. The third-order valence-corrected chi connectivity index (χ3v) is 4.45. The lowest BCUT2D eigenvalue weighted by Gasteiger charge is -2.08. The van der Waals surface area contributed by atoms with E-state index in [1.165, 1.54) is 0 Å². The number of nitrogens with one attached hydrogen (secondary N) is 1. The van der Waals surface area contributed by atoms with Crippen LogP contribution in [0.1, 0.15) is 23.4 Å². The first kappa shape index (κ1) is 17.1. The number of aryl methyl sites for hydroxylation is 2. The number of ether oxygens (including phenoxy) is 1. The van der Waals surface area contributed by atoms with Crippen LogP contribution in [0.3, 0.4) is 0 Å². The van der Waals surface area contributed by atoms with Crippen molar-refractivity contribution in [3.8, 4) is 5.75 Å². The van der Waals surface area contributed by atoms with E-state index in [-0.39, 0.29) is 5.91 Å². The average molecular weight is 341 g/mol. The molecule has 0 saturated carbocycles. The van der Waals surface area contributed by atoms with Crippen molar-refractivity contribution >= 4 is 16.8 Å². The number of benzene rings is 1. The van der Waals surface area contributed by atoms with Gasteiger partial charge in [-0.25, -0.2) is 0 Å². The molecule has 0 saturated heterocycles. The summed E-state index contributed by atoms with van der Waals surface area (Å²) in [5.41, 5.74) is 2.99. The number of carbonyl (C=O) groups is 1. The van der Waals surface area contributed by atoms with Crippen molar-refractivity contribution in [3.05, 3.63) is 47.5 Å². The number of nitrogens with zero attached hydrogens (tertiary/aromatic N) is 2. The van der Waals surface area contributed by atoms with Gasteiger partial charge in [-0.2, -0.15) is 0 Å². The summed E-state index contributed by atoms with van der Waals surface area (Å²) in [5.74, 6) is 1.69. The van der Waals surface area contributed by atoms with Crippen LogP contribution in [0.5, 0.6) is 5.75 Å². The number of methoxy groups -OCH3 is 1. The van der Waals surface area contributed by atoms with Crippen LogP contribution >= 0.6 is 0 Å². The molecule has 0 aliphatic rings. The number of amides is 1. The molecule has 0 fully saturated rings. The third-order valence-electron chi connectivity index (χ3n) is 4.45. The molecule has 0 unspecified atom stereocenters. The number of carbonyl (C=O) groups excluding carboxylic acids is 1. The minimum Gasteiger partial charge on any atom is -0.496 e. The van der Waals surface area contributed by atoms with Gasteiger partial charge in [-0.3, -0.25) is 4.79 Å². The highest BCUT2D eigenvalue weighted by Gasteiger charge is 2.11. The maximum atomic E-state index is 12.1. The molecule has 6 nitrogen and oxygen atoms in total. The van der Waals surface area contributed by atoms with Crippen molar-refractivity contribution in [2.75, 3.05) is 13.7 Å². The van der Waals surface area contributed by atoms with E-state index in [1.807, 2.05) is 38.2 Å². The molecule has 0 spiro atoms.